The lowest BCUT2D eigenvalue weighted by Gasteiger charge is -2.16. The number of carbonyl (C=O) groups excluding carboxylic acids is 3. The zero-order chi connectivity index (χ0) is 18.5. The van der Waals surface area contributed by atoms with Crippen molar-refractivity contribution in [3.8, 4) is 0 Å². The van der Waals surface area contributed by atoms with E-state index >= 15 is 0 Å². The van der Waals surface area contributed by atoms with E-state index in [9.17, 15) is 14.4 Å². The minimum Gasteiger partial charge on any atom is -0.467 e. The van der Waals surface area contributed by atoms with E-state index in [2.05, 4.69) is 5.32 Å². The predicted molar refractivity (Wildman–Crippen MR) is 93.5 cm³/mol. The van der Waals surface area contributed by atoms with E-state index in [1.54, 1.807) is 41.3 Å². The van der Waals surface area contributed by atoms with E-state index in [4.69, 9.17) is 9.15 Å². The molecule has 2 heterocycles. The highest BCUT2D eigenvalue weighted by Crippen LogP contribution is 2.21. The maximum Gasteiger partial charge on any atom is 0.338 e. The first-order valence-corrected chi connectivity index (χ1v) is 8.46. The molecule has 136 valence electrons. The van der Waals surface area contributed by atoms with Crippen molar-refractivity contribution >= 4 is 23.5 Å². The predicted octanol–water partition coefficient (Wildman–Crippen LogP) is 2.27. The Kier molecular flexibility index (Phi) is 5.36. The molecule has 2 amide bonds. The largest absolute Gasteiger partial charge is 0.467 e. The summed E-state index contributed by atoms with van der Waals surface area (Å²) in [5.41, 5.74) is 1.08. The van der Waals surface area contributed by atoms with Crippen molar-refractivity contribution in [3.05, 3.63) is 54.0 Å². The zero-order valence-electron chi connectivity index (χ0n) is 14.4. The van der Waals surface area contributed by atoms with E-state index in [1.807, 2.05) is 0 Å². The van der Waals surface area contributed by atoms with Gasteiger partial charge in [-0.25, -0.2) is 4.79 Å². The third-order valence-electron chi connectivity index (χ3n) is 4.16. The Morgan fingerprint density at radius 3 is 2.65 bits per heavy atom. The molecule has 1 unspecified atom stereocenters. The molecule has 0 radical (unpaired) electrons. The van der Waals surface area contributed by atoms with Crippen LogP contribution in [0.15, 0.2) is 47.1 Å². The molecule has 26 heavy (non-hydrogen) atoms. The Labute approximate surface area is 150 Å². The molecule has 0 spiro atoms. The lowest BCUT2D eigenvalue weighted by atomic mass is 10.2. The Bertz CT molecular complexity index is 783. The SMILES string of the molecule is CC(OC(=O)c1ccc(N2CCCC2=O)cc1)C(=O)NCc1ccco1. The van der Waals surface area contributed by atoms with Gasteiger partial charge in [0.2, 0.25) is 5.91 Å². The van der Waals surface area contributed by atoms with Crippen LogP contribution in [0, 0.1) is 0 Å². The van der Waals surface area contributed by atoms with Crippen molar-refractivity contribution < 1.29 is 23.5 Å². The fourth-order valence-electron chi connectivity index (χ4n) is 2.71. The molecule has 2 aromatic rings. The smallest absolute Gasteiger partial charge is 0.338 e. The second-order valence-corrected chi connectivity index (χ2v) is 6.04. The number of carbonyl (C=O) groups is 3. The average molecular weight is 356 g/mol. The molecule has 7 heteroatoms. The summed E-state index contributed by atoms with van der Waals surface area (Å²) in [5, 5.41) is 2.64. The molecule has 1 N–H and O–H groups in total. The highest BCUT2D eigenvalue weighted by Gasteiger charge is 2.23. The molecule has 0 bridgehead atoms. The number of anilines is 1. The Morgan fingerprint density at radius 2 is 2.04 bits per heavy atom. The molecule has 0 saturated carbocycles. The van der Waals surface area contributed by atoms with Gasteiger partial charge in [0.05, 0.1) is 18.4 Å². The highest BCUT2D eigenvalue weighted by molar-refractivity contribution is 5.96. The van der Waals surface area contributed by atoms with E-state index in [1.165, 1.54) is 13.2 Å². The Balaban J connectivity index is 1.53. The fourth-order valence-corrected chi connectivity index (χ4v) is 2.71. The molecule has 1 aliphatic rings. The fraction of sp³-hybridized carbons (Fsp3) is 0.316. The molecule has 1 saturated heterocycles. The summed E-state index contributed by atoms with van der Waals surface area (Å²) in [4.78, 5) is 37.6. The number of ether oxygens (including phenoxy) is 1. The molecule has 1 atom stereocenters. The van der Waals surface area contributed by atoms with Crippen LogP contribution in [0.5, 0.6) is 0 Å². The van der Waals surface area contributed by atoms with Crippen LogP contribution >= 0.6 is 0 Å². The zero-order valence-corrected chi connectivity index (χ0v) is 14.4. The van der Waals surface area contributed by atoms with Crippen molar-refractivity contribution in [1.82, 2.24) is 5.32 Å². The van der Waals surface area contributed by atoms with Crippen LogP contribution in [0.3, 0.4) is 0 Å². The minimum absolute atomic E-state index is 0.0853. The topological polar surface area (TPSA) is 88.8 Å². The van der Waals surface area contributed by atoms with E-state index in [0.717, 1.165) is 12.1 Å². The quantitative estimate of drug-likeness (QED) is 0.802. The number of nitrogens with one attached hydrogen (secondary N) is 1. The molecular formula is C19H20N2O5. The summed E-state index contributed by atoms with van der Waals surface area (Å²) in [6.07, 6.45) is 1.98. The number of hydrogen-bond donors (Lipinski definition) is 1. The number of rotatable bonds is 6. The van der Waals surface area contributed by atoms with Gasteiger partial charge in [0.25, 0.3) is 5.91 Å². The second kappa shape index (κ2) is 7.86. The number of amides is 2. The lowest BCUT2D eigenvalue weighted by molar-refractivity contribution is -0.129. The normalized spacial score (nSPS) is 15.0. The third-order valence-corrected chi connectivity index (χ3v) is 4.16. The monoisotopic (exact) mass is 356 g/mol. The first-order chi connectivity index (χ1) is 12.5. The first-order valence-electron chi connectivity index (χ1n) is 8.46. The van der Waals surface area contributed by atoms with Crippen LogP contribution in [0.1, 0.15) is 35.9 Å². The van der Waals surface area contributed by atoms with Gasteiger partial charge >= 0.3 is 5.97 Å². The van der Waals surface area contributed by atoms with Crippen molar-refractivity contribution in [3.63, 3.8) is 0 Å². The maximum atomic E-state index is 12.2. The summed E-state index contributed by atoms with van der Waals surface area (Å²) in [5.74, 6) is -0.301. The molecule has 7 nitrogen and oxygen atoms in total. The Morgan fingerprint density at radius 1 is 1.27 bits per heavy atom. The molecular weight excluding hydrogens is 336 g/mol. The Hall–Kier alpha value is -3.09. The molecule has 1 aliphatic heterocycles. The van der Waals surface area contributed by atoms with Gasteiger partial charge in [-0.1, -0.05) is 0 Å². The minimum atomic E-state index is -0.933. The van der Waals surface area contributed by atoms with Gasteiger partial charge in [0.1, 0.15) is 5.76 Å². The van der Waals surface area contributed by atoms with Crippen LogP contribution in [-0.4, -0.2) is 30.4 Å². The van der Waals surface area contributed by atoms with Crippen molar-refractivity contribution in [2.75, 3.05) is 11.4 Å². The van der Waals surface area contributed by atoms with Crippen LogP contribution < -0.4 is 10.2 Å². The molecule has 1 aromatic heterocycles. The second-order valence-electron chi connectivity index (χ2n) is 6.04. The number of benzene rings is 1. The van der Waals surface area contributed by atoms with Gasteiger partial charge in [0.15, 0.2) is 6.10 Å². The highest BCUT2D eigenvalue weighted by atomic mass is 16.5. The molecule has 3 rings (SSSR count). The number of nitrogens with zero attached hydrogens (tertiary/aromatic N) is 1. The molecule has 1 fully saturated rings. The van der Waals surface area contributed by atoms with E-state index < -0.39 is 18.0 Å². The lowest BCUT2D eigenvalue weighted by Crippen LogP contribution is -2.35. The third kappa shape index (κ3) is 4.11. The van der Waals surface area contributed by atoms with Gasteiger partial charge in [-0.05, 0) is 49.7 Å². The number of hydrogen-bond acceptors (Lipinski definition) is 5. The first kappa shape index (κ1) is 17.7. The average Bonchev–Trinajstić information content (AvgIpc) is 3.31. The van der Waals surface area contributed by atoms with Crippen molar-refractivity contribution in [1.29, 1.82) is 0 Å². The van der Waals surface area contributed by atoms with Gasteiger partial charge < -0.3 is 19.4 Å². The van der Waals surface area contributed by atoms with E-state index in [-0.39, 0.29) is 12.5 Å². The molecule has 1 aromatic carbocycles. The summed E-state index contributed by atoms with van der Waals surface area (Å²) >= 11 is 0. The molecule has 0 aliphatic carbocycles. The van der Waals surface area contributed by atoms with Crippen LogP contribution in [0.2, 0.25) is 0 Å². The van der Waals surface area contributed by atoms with Gasteiger partial charge in [-0.3, -0.25) is 9.59 Å². The summed E-state index contributed by atoms with van der Waals surface area (Å²) < 4.78 is 10.3. The standard InChI is InChI=1S/C19H20N2O5/c1-13(18(23)20-12-16-4-3-11-25-16)26-19(24)14-6-8-15(9-7-14)21-10-2-5-17(21)22/h3-4,6-9,11,13H,2,5,10,12H2,1H3,(H,20,23). The van der Waals surface area contributed by atoms with Crippen molar-refractivity contribution in [2.24, 2.45) is 0 Å². The summed E-state index contributed by atoms with van der Waals surface area (Å²) in [6, 6.07) is 10.1. The van der Waals surface area contributed by atoms with Gasteiger partial charge in [-0.15, -0.1) is 0 Å². The van der Waals surface area contributed by atoms with Gasteiger partial charge in [0, 0.05) is 18.7 Å². The van der Waals surface area contributed by atoms with Crippen LogP contribution in [0.25, 0.3) is 0 Å². The van der Waals surface area contributed by atoms with E-state index in [0.29, 0.717) is 24.3 Å². The van der Waals surface area contributed by atoms with Crippen LogP contribution in [-0.2, 0) is 20.9 Å². The number of esters is 1. The number of furan rings is 1. The van der Waals surface area contributed by atoms with Crippen molar-refractivity contribution in [2.45, 2.75) is 32.4 Å². The van der Waals surface area contributed by atoms with Gasteiger partial charge in [-0.2, -0.15) is 0 Å². The maximum absolute atomic E-state index is 12.2. The summed E-state index contributed by atoms with van der Waals surface area (Å²) in [7, 11) is 0. The summed E-state index contributed by atoms with van der Waals surface area (Å²) in [6.45, 7) is 2.43. The van der Waals surface area contributed by atoms with Crippen LogP contribution in [0.4, 0.5) is 5.69 Å².